The Bertz CT molecular complexity index is 1610. The van der Waals surface area contributed by atoms with Crippen molar-refractivity contribution < 1.29 is 23.8 Å². The predicted molar refractivity (Wildman–Crippen MR) is 177 cm³/mol. The molecule has 0 bridgehead atoms. The second-order valence-corrected chi connectivity index (χ2v) is 12.7. The molecule has 0 saturated carbocycles. The lowest BCUT2D eigenvalue weighted by Gasteiger charge is -2.40. The summed E-state index contributed by atoms with van der Waals surface area (Å²) in [5.41, 5.74) is 5.06. The Morgan fingerprint density at radius 2 is 1.56 bits per heavy atom. The van der Waals surface area contributed by atoms with Crippen LogP contribution in [-0.2, 0) is 9.59 Å². The number of allylic oxidation sites excluding steroid dienone is 1. The number of nitrogens with zero attached hydrogens (tertiary/aromatic N) is 3. The molecule has 1 N–H and O–H groups in total. The molecule has 9 nitrogen and oxygen atoms in total. The smallest absolute Gasteiger partial charge is 0.242 e. The fourth-order valence-electron chi connectivity index (χ4n) is 6.85. The molecule has 1 fully saturated rings. The van der Waals surface area contributed by atoms with E-state index in [1.54, 1.807) is 21.3 Å². The number of carbonyl (C=O) groups is 2. The van der Waals surface area contributed by atoms with Crippen LogP contribution in [0.2, 0.25) is 0 Å². The van der Waals surface area contributed by atoms with Crippen LogP contribution in [0.15, 0.2) is 78.0 Å². The zero-order valence-electron chi connectivity index (χ0n) is 26.8. The fraction of sp³-hybridized carbons (Fsp3) is 0.389. The number of anilines is 3. The van der Waals surface area contributed by atoms with Gasteiger partial charge in [0.15, 0.2) is 5.78 Å². The molecule has 1 saturated heterocycles. The van der Waals surface area contributed by atoms with E-state index in [9.17, 15) is 9.59 Å². The minimum atomic E-state index is -0.537. The zero-order chi connectivity index (χ0) is 31.7. The quantitative estimate of drug-likeness (QED) is 0.366. The number of ether oxygens (including phenoxy) is 3. The number of amides is 1. The molecule has 1 atom stereocenters. The Hall–Kier alpha value is -4.66. The van der Waals surface area contributed by atoms with Crippen LogP contribution in [0.5, 0.6) is 17.2 Å². The van der Waals surface area contributed by atoms with E-state index in [-0.39, 0.29) is 23.7 Å². The van der Waals surface area contributed by atoms with Gasteiger partial charge >= 0.3 is 0 Å². The minimum absolute atomic E-state index is 0.0179. The van der Waals surface area contributed by atoms with Crippen LogP contribution >= 0.6 is 0 Å². The molecule has 0 aromatic heterocycles. The van der Waals surface area contributed by atoms with Crippen LogP contribution in [0.1, 0.15) is 38.3 Å². The third-order valence-electron chi connectivity index (χ3n) is 9.11. The van der Waals surface area contributed by atoms with Crippen LogP contribution < -0.4 is 29.3 Å². The molecular formula is C36H42N4O5. The molecule has 3 aromatic carbocycles. The van der Waals surface area contributed by atoms with E-state index in [1.807, 2.05) is 59.5 Å². The summed E-state index contributed by atoms with van der Waals surface area (Å²) in [5.74, 6) is 2.18. The average Bonchev–Trinajstić information content (AvgIpc) is 3.18. The monoisotopic (exact) mass is 610 g/mol. The molecule has 0 radical (unpaired) electrons. The van der Waals surface area contributed by atoms with Crippen LogP contribution in [0.3, 0.4) is 0 Å². The van der Waals surface area contributed by atoms with Crippen LogP contribution in [0.25, 0.3) is 0 Å². The van der Waals surface area contributed by atoms with Crippen molar-refractivity contribution in [3.63, 3.8) is 0 Å². The van der Waals surface area contributed by atoms with Crippen molar-refractivity contribution in [2.45, 2.75) is 32.7 Å². The first kappa shape index (κ1) is 30.4. The summed E-state index contributed by atoms with van der Waals surface area (Å²) >= 11 is 0. The first-order valence-corrected chi connectivity index (χ1v) is 15.5. The van der Waals surface area contributed by atoms with Gasteiger partial charge in [-0.25, -0.2) is 0 Å². The Labute approximate surface area is 265 Å². The van der Waals surface area contributed by atoms with Gasteiger partial charge in [-0.15, -0.1) is 0 Å². The summed E-state index contributed by atoms with van der Waals surface area (Å²) in [4.78, 5) is 34.6. The molecular weight excluding hydrogens is 568 g/mol. The Morgan fingerprint density at radius 1 is 0.867 bits per heavy atom. The van der Waals surface area contributed by atoms with Gasteiger partial charge in [-0.05, 0) is 60.4 Å². The number of benzene rings is 3. The van der Waals surface area contributed by atoms with E-state index >= 15 is 0 Å². The molecule has 45 heavy (non-hydrogen) atoms. The Morgan fingerprint density at radius 3 is 2.24 bits per heavy atom. The number of hydrogen-bond acceptors (Lipinski definition) is 8. The van der Waals surface area contributed by atoms with Crippen molar-refractivity contribution in [1.29, 1.82) is 0 Å². The second kappa shape index (κ2) is 12.4. The summed E-state index contributed by atoms with van der Waals surface area (Å²) in [7, 11) is 4.91. The van der Waals surface area contributed by atoms with Crippen molar-refractivity contribution >= 4 is 28.8 Å². The van der Waals surface area contributed by atoms with Gasteiger partial charge in [-0.1, -0.05) is 26.0 Å². The van der Waals surface area contributed by atoms with Crippen LogP contribution in [0.4, 0.5) is 17.1 Å². The van der Waals surface area contributed by atoms with Gasteiger partial charge in [0.25, 0.3) is 0 Å². The number of Topliss-reactive ketones (excluding diaryl/α,β-unsaturated/α-hetero) is 1. The number of para-hydroxylation sites is 2. The standard InChI is InChI=1S/C36H42N4O5/c1-36(2)21-29-34(31(41)22-36)35(27-15-14-26(44-4)20-32(27)45-5)40(30-9-7-6-8-28(30)37-29)23-33(42)39-18-16-38(17-19-39)24-10-12-25(43-3)13-11-24/h6-15,20,35,37H,16-19,21-23H2,1-5H3. The van der Waals surface area contributed by atoms with E-state index in [0.29, 0.717) is 43.0 Å². The van der Waals surface area contributed by atoms with Gasteiger partial charge < -0.3 is 34.2 Å². The number of methoxy groups -OCH3 is 3. The molecule has 1 unspecified atom stereocenters. The van der Waals surface area contributed by atoms with Gasteiger partial charge in [0.2, 0.25) is 5.91 Å². The molecule has 1 aliphatic carbocycles. The van der Waals surface area contributed by atoms with Gasteiger partial charge in [-0.2, -0.15) is 0 Å². The van der Waals surface area contributed by atoms with E-state index in [0.717, 1.165) is 47.2 Å². The third-order valence-corrected chi connectivity index (χ3v) is 9.11. The van der Waals surface area contributed by atoms with Crippen molar-refractivity contribution in [3.05, 3.63) is 83.6 Å². The lowest BCUT2D eigenvalue weighted by Crippen LogP contribution is -2.52. The second-order valence-electron chi connectivity index (χ2n) is 12.7. The largest absolute Gasteiger partial charge is 0.497 e. The normalized spacial score (nSPS) is 19.3. The van der Waals surface area contributed by atoms with Crippen LogP contribution in [0, 0.1) is 5.41 Å². The zero-order valence-corrected chi connectivity index (χ0v) is 26.8. The first-order chi connectivity index (χ1) is 21.7. The highest BCUT2D eigenvalue weighted by Gasteiger charge is 2.43. The topological polar surface area (TPSA) is 83.6 Å². The molecule has 2 aliphatic heterocycles. The Balaban J connectivity index is 1.36. The van der Waals surface area contributed by atoms with Crippen molar-refractivity contribution in [2.75, 3.05) is 69.2 Å². The molecule has 1 amide bonds. The van der Waals surface area contributed by atoms with E-state index < -0.39 is 6.04 Å². The predicted octanol–water partition coefficient (Wildman–Crippen LogP) is 5.68. The molecule has 0 spiro atoms. The number of rotatable bonds is 7. The van der Waals surface area contributed by atoms with Crippen molar-refractivity contribution in [2.24, 2.45) is 5.41 Å². The summed E-state index contributed by atoms with van der Waals surface area (Å²) in [5, 5.41) is 3.63. The number of piperazine rings is 1. The van der Waals surface area contributed by atoms with E-state index in [2.05, 4.69) is 41.1 Å². The van der Waals surface area contributed by atoms with Gasteiger partial charge in [0, 0.05) is 61.2 Å². The molecule has 3 aliphatic rings. The van der Waals surface area contributed by atoms with Crippen molar-refractivity contribution in [3.8, 4) is 17.2 Å². The average molecular weight is 611 g/mol. The molecule has 9 heteroatoms. The van der Waals surface area contributed by atoms with E-state index in [4.69, 9.17) is 14.2 Å². The highest BCUT2D eigenvalue weighted by molar-refractivity contribution is 6.02. The van der Waals surface area contributed by atoms with Crippen LogP contribution in [-0.4, -0.2) is 70.6 Å². The molecule has 236 valence electrons. The lowest BCUT2D eigenvalue weighted by molar-refractivity contribution is -0.130. The highest BCUT2D eigenvalue weighted by Crippen LogP contribution is 2.50. The number of ketones is 1. The maximum atomic E-state index is 14.2. The first-order valence-electron chi connectivity index (χ1n) is 15.5. The van der Waals surface area contributed by atoms with Crippen molar-refractivity contribution in [1.82, 2.24) is 4.90 Å². The van der Waals surface area contributed by atoms with Gasteiger partial charge in [0.1, 0.15) is 17.2 Å². The fourth-order valence-corrected chi connectivity index (χ4v) is 6.85. The molecule has 3 aromatic rings. The molecule has 2 heterocycles. The maximum absolute atomic E-state index is 14.2. The number of hydrogen-bond donors (Lipinski definition) is 1. The summed E-state index contributed by atoms with van der Waals surface area (Å²) in [6.45, 7) is 7.04. The van der Waals surface area contributed by atoms with Gasteiger partial charge in [0.05, 0.1) is 45.3 Å². The van der Waals surface area contributed by atoms with Gasteiger partial charge in [-0.3, -0.25) is 9.59 Å². The lowest BCUT2D eigenvalue weighted by atomic mass is 9.73. The summed E-state index contributed by atoms with van der Waals surface area (Å²) in [6, 6.07) is 21.2. The number of nitrogens with one attached hydrogen (secondary N) is 1. The molecule has 6 rings (SSSR count). The summed E-state index contributed by atoms with van der Waals surface area (Å²) in [6.07, 6.45) is 1.14. The third kappa shape index (κ3) is 6.03. The number of fused-ring (bicyclic) bond motifs is 1. The minimum Gasteiger partial charge on any atom is -0.497 e. The Kier molecular flexibility index (Phi) is 8.36. The maximum Gasteiger partial charge on any atom is 0.242 e. The summed E-state index contributed by atoms with van der Waals surface area (Å²) < 4.78 is 16.7. The SMILES string of the molecule is COc1ccc(N2CCN(C(=O)CN3c4ccccc4NC4=C(C(=O)CC(C)(C)C4)C3c3ccc(OC)cc3OC)CC2)cc1. The van der Waals surface area contributed by atoms with E-state index in [1.165, 1.54) is 0 Å². The number of carbonyl (C=O) groups excluding carboxylic acids is 2. The highest BCUT2D eigenvalue weighted by atomic mass is 16.5.